The number of ether oxygens (including phenoxy) is 2. The zero-order valence-corrected chi connectivity index (χ0v) is 11.6. The highest BCUT2D eigenvalue weighted by molar-refractivity contribution is 5.68. The third-order valence-electron chi connectivity index (χ3n) is 2.51. The van der Waals surface area contributed by atoms with Crippen molar-refractivity contribution in [1.82, 2.24) is 9.97 Å². The van der Waals surface area contributed by atoms with Crippen LogP contribution in [-0.4, -0.2) is 23.2 Å². The number of anilines is 1. The zero-order valence-electron chi connectivity index (χ0n) is 11.6. The predicted octanol–water partition coefficient (Wildman–Crippen LogP) is 2.66. The van der Waals surface area contributed by atoms with Crippen molar-refractivity contribution in [1.29, 1.82) is 0 Å². The Kier molecular flexibility index (Phi) is 4.02. The molecule has 0 bridgehead atoms. The lowest BCUT2D eigenvalue weighted by molar-refractivity contribution is 0.233. The lowest BCUT2D eigenvalue weighted by Gasteiger charge is -2.12. The van der Waals surface area contributed by atoms with Crippen molar-refractivity contribution in [2.75, 3.05) is 12.8 Å². The number of nitrogens with zero attached hydrogens (tertiary/aromatic N) is 2. The Balaban J connectivity index is 2.51. The number of hydrogen-bond donors (Lipinski definition) is 1. The van der Waals surface area contributed by atoms with Gasteiger partial charge in [-0.2, -0.15) is 4.98 Å². The van der Waals surface area contributed by atoms with Crippen molar-refractivity contribution in [2.45, 2.75) is 20.0 Å². The van der Waals surface area contributed by atoms with Gasteiger partial charge in [0.05, 0.1) is 18.9 Å². The van der Waals surface area contributed by atoms with E-state index in [2.05, 4.69) is 9.97 Å². The first-order valence-electron chi connectivity index (χ1n) is 6.14. The fourth-order valence-electron chi connectivity index (χ4n) is 1.76. The summed E-state index contributed by atoms with van der Waals surface area (Å²) in [6, 6.07) is 5.79. The second kappa shape index (κ2) is 5.73. The van der Waals surface area contributed by atoms with Gasteiger partial charge in [-0.3, -0.25) is 0 Å². The van der Waals surface area contributed by atoms with Gasteiger partial charge in [-0.05, 0) is 32.0 Å². The SMILES string of the molecule is COc1ccc(F)cc1-c1cc(OC(C)C)nc(N)n1. The monoisotopic (exact) mass is 277 g/mol. The molecule has 0 aliphatic heterocycles. The van der Waals surface area contributed by atoms with Gasteiger partial charge in [-0.1, -0.05) is 0 Å². The summed E-state index contributed by atoms with van der Waals surface area (Å²) in [7, 11) is 1.51. The van der Waals surface area contributed by atoms with Crippen LogP contribution < -0.4 is 15.2 Å². The average Bonchev–Trinajstić information content (AvgIpc) is 2.37. The molecular weight excluding hydrogens is 261 g/mol. The van der Waals surface area contributed by atoms with Gasteiger partial charge >= 0.3 is 0 Å². The molecule has 2 rings (SSSR count). The van der Waals surface area contributed by atoms with Crippen LogP contribution >= 0.6 is 0 Å². The summed E-state index contributed by atoms with van der Waals surface area (Å²) in [4.78, 5) is 8.09. The average molecular weight is 277 g/mol. The number of aromatic nitrogens is 2. The standard InChI is InChI=1S/C14H16FN3O2/c1-8(2)20-13-7-11(17-14(16)18-13)10-6-9(15)4-5-12(10)19-3/h4-8H,1-3H3,(H2,16,17,18). The summed E-state index contributed by atoms with van der Waals surface area (Å²) in [5.41, 5.74) is 6.61. The van der Waals surface area contributed by atoms with E-state index in [9.17, 15) is 4.39 Å². The Morgan fingerprint density at radius 3 is 2.60 bits per heavy atom. The Morgan fingerprint density at radius 2 is 1.95 bits per heavy atom. The largest absolute Gasteiger partial charge is 0.496 e. The van der Waals surface area contributed by atoms with Gasteiger partial charge in [0.1, 0.15) is 11.6 Å². The number of benzene rings is 1. The third-order valence-corrected chi connectivity index (χ3v) is 2.51. The Morgan fingerprint density at radius 1 is 1.20 bits per heavy atom. The van der Waals surface area contributed by atoms with Gasteiger partial charge in [0.25, 0.3) is 0 Å². The Bertz CT molecular complexity index is 617. The highest BCUT2D eigenvalue weighted by atomic mass is 19.1. The number of nitrogen functional groups attached to an aromatic ring is 1. The first-order valence-corrected chi connectivity index (χ1v) is 6.14. The van der Waals surface area contributed by atoms with Crippen molar-refractivity contribution >= 4 is 5.95 Å². The fourth-order valence-corrected chi connectivity index (χ4v) is 1.76. The number of nitrogens with two attached hydrogens (primary N) is 1. The summed E-state index contributed by atoms with van der Waals surface area (Å²) in [6.45, 7) is 3.75. The van der Waals surface area contributed by atoms with E-state index < -0.39 is 0 Å². The van der Waals surface area contributed by atoms with Crippen LogP contribution in [0.4, 0.5) is 10.3 Å². The van der Waals surface area contributed by atoms with E-state index in [1.165, 1.54) is 25.3 Å². The second-order valence-corrected chi connectivity index (χ2v) is 4.46. The molecular formula is C14H16FN3O2. The molecule has 0 spiro atoms. The molecule has 0 fully saturated rings. The predicted molar refractivity (Wildman–Crippen MR) is 74.2 cm³/mol. The van der Waals surface area contributed by atoms with Gasteiger partial charge in [0, 0.05) is 11.6 Å². The maximum Gasteiger partial charge on any atom is 0.223 e. The highest BCUT2D eigenvalue weighted by Gasteiger charge is 2.12. The number of hydrogen-bond acceptors (Lipinski definition) is 5. The van der Waals surface area contributed by atoms with Crippen LogP contribution in [0, 0.1) is 5.82 Å². The van der Waals surface area contributed by atoms with Crippen LogP contribution in [0.1, 0.15) is 13.8 Å². The summed E-state index contributed by atoms with van der Waals surface area (Å²) >= 11 is 0. The van der Waals surface area contributed by atoms with Gasteiger partial charge in [-0.25, -0.2) is 9.37 Å². The van der Waals surface area contributed by atoms with Crippen molar-refractivity contribution < 1.29 is 13.9 Å². The lowest BCUT2D eigenvalue weighted by atomic mass is 10.1. The molecule has 20 heavy (non-hydrogen) atoms. The molecule has 0 saturated carbocycles. The smallest absolute Gasteiger partial charge is 0.223 e. The van der Waals surface area contributed by atoms with Gasteiger partial charge in [0.15, 0.2) is 0 Å². The molecule has 0 atom stereocenters. The third kappa shape index (κ3) is 3.14. The minimum Gasteiger partial charge on any atom is -0.496 e. The van der Waals surface area contributed by atoms with Crippen LogP contribution in [0.2, 0.25) is 0 Å². The number of methoxy groups -OCH3 is 1. The maximum atomic E-state index is 13.4. The van der Waals surface area contributed by atoms with E-state index in [1.807, 2.05) is 13.8 Å². The van der Waals surface area contributed by atoms with E-state index >= 15 is 0 Å². The molecule has 0 unspecified atom stereocenters. The highest BCUT2D eigenvalue weighted by Crippen LogP contribution is 2.31. The van der Waals surface area contributed by atoms with Crippen LogP contribution in [0.15, 0.2) is 24.3 Å². The first kappa shape index (κ1) is 14.0. The summed E-state index contributed by atoms with van der Waals surface area (Å²) in [6.07, 6.45) is -0.0495. The summed E-state index contributed by atoms with van der Waals surface area (Å²) < 4.78 is 24.1. The number of rotatable bonds is 4. The fraction of sp³-hybridized carbons (Fsp3) is 0.286. The maximum absolute atomic E-state index is 13.4. The molecule has 0 amide bonds. The van der Waals surface area contributed by atoms with Crippen molar-refractivity contribution in [3.05, 3.63) is 30.1 Å². The van der Waals surface area contributed by atoms with E-state index in [4.69, 9.17) is 15.2 Å². The lowest BCUT2D eigenvalue weighted by Crippen LogP contribution is -2.09. The minimum absolute atomic E-state index is 0.0495. The molecule has 106 valence electrons. The van der Waals surface area contributed by atoms with Crippen LogP contribution in [0.3, 0.4) is 0 Å². The molecule has 2 N–H and O–H groups in total. The topological polar surface area (TPSA) is 70.3 Å². The summed E-state index contributed by atoms with van der Waals surface area (Å²) in [5, 5.41) is 0. The molecule has 0 aliphatic rings. The zero-order chi connectivity index (χ0) is 14.7. The molecule has 6 heteroatoms. The molecule has 0 aliphatic carbocycles. The van der Waals surface area contributed by atoms with Gasteiger partial charge < -0.3 is 15.2 Å². The van der Waals surface area contributed by atoms with Crippen molar-refractivity contribution in [2.24, 2.45) is 0 Å². The molecule has 5 nitrogen and oxygen atoms in total. The van der Waals surface area contributed by atoms with E-state index in [0.717, 1.165) is 0 Å². The normalized spacial score (nSPS) is 10.7. The van der Waals surface area contributed by atoms with Gasteiger partial charge in [0.2, 0.25) is 11.8 Å². The molecule has 1 heterocycles. The van der Waals surface area contributed by atoms with Crippen LogP contribution in [0.5, 0.6) is 11.6 Å². The molecule has 0 saturated heterocycles. The number of halogens is 1. The molecule has 2 aromatic rings. The van der Waals surface area contributed by atoms with Gasteiger partial charge in [-0.15, -0.1) is 0 Å². The van der Waals surface area contributed by atoms with Crippen LogP contribution in [-0.2, 0) is 0 Å². The van der Waals surface area contributed by atoms with Crippen LogP contribution in [0.25, 0.3) is 11.3 Å². The Hall–Kier alpha value is -2.37. The quantitative estimate of drug-likeness (QED) is 0.930. The minimum atomic E-state index is -0.385. The summed E-state index contributed by atoms with van der Waals surface area (Å²) in [5.74, 6) is 0.516. The van der Waals surface area contributed by atoms with E-state index in [-0.39, 0.29) is 17.9 Å². The molecule has 0 radical (unpaired) electrons. The molecule has 1 aromatic heterocycles. The Labute approximate surface area is 116 Å². The molecule has 1 aromatic carbocycles. The second-order valence-electron chi connectivity index (χ2n) is 4.46. The van der Waals surface area contributed by atoms with Crippen molar-refractivity contribution in [3.8, 4) is 22.9 Å². The van der Waals surface area contributed by atoms with E-state index in [1.54, 1.807) is 6.07 Å². The first-order chi connectivity index (χ1) is 9.49. The van der Waals surface area contributed by atoms with E-state index in [0.29, 0.717) is 22.9 Å². The van der Waals surface area contributed by atoms with Crippen molar-refractivity contribution in [3.63, 3.8) is 0 Å².